The van der Waals surface area contributed by atoms with E-state index in [2.05, 4.69) is 10.3 Å². The predicted octanol–water partition coefficient (Wildman–Crippen LogP) is 3.43. The fraction of sp³-hybridized carbons (Fsp3) is 0.0769. The molecule has 0 fully saturated rings. The van der Waals surface area contributed by atoms with Crippen LogP contribution in [-0.2, 0) is 0 Å². The molecule has 0 atom stereocenters. The summed E-state index contributed by atoms with van der Waals surface area (Å²) in [6, 6.07) is 7.42. The highest BCUT2D eigenvalue weighted by Gasteiger charge is 2.15. The van der Waals surface area contributed by atoms with Crippen molar-refractivity contribution in [2.75, 3.05) is 5.32 Å². The van der Waals surface area contributed by atoms with E-state index in [1.807, 2.05) is 0 Å². The summed E-state index contributed by atoms with van der Waals surface area (Å²) < 4.78 is 13.5. The number of aromatic nitrogens is 1. The summed E-state index contributed by atoms with van der Waals surface area (Å²) in [5.74, 6) is -1.23. The van der Waals surface area contributed by atoms with Crippen LogP contribution in [0.5, 0.6) is 0 Å². The van der Waals surface area contributed by atoms with Crippen molar-refractivity contribution in [3.05, 3.63) is 58.6 Å². The number of carbonyl (C=O) groups is 1. The summed E-state index contributed by atoms with van der Waals surface area (Å²) in [4.78, 5) is 15.9. The van der Waals surface area contributed by atoms with E-state index in [4.69, 9.17) is 11.6 Å². The zero-order valence-electron chi connectivity index (χ0n) is 9.58. The van der Waals surface area contributed by atoms with E-state index >= 15 is 0 Å². The van der Waals surface area contributed by atoms with Crippen LogP contribution >= 0.6 is 11.6 Å². The maximum absolute atomic E-state index is 13.5. The lowest BCUT2D eigenvalue weighted by Gasteiger charge is -2.07. The highest BCUT2D eigenvalue weighted by atomic mass is 35.5. The lowest BCUT2D eigenvalue weighted by atomic mass is 10.2. The van der Waals surface area contributed by atoms with Gasteiger partial charge in [0.1, 0.15) is 5.82 Å². The molecule has 0 aliphatic heterocycles. The third-order valence-corrected chi connectivity index (χ3v) is 2.66. The van der Waals surface area contributed by atoms with Crippen LogP contribution in [0.15, 0.2) is 36.5 Å². The van der Waals surface area contributed by atoms with Gasteiger partial charge < -0.3 is 5.32 Å². The molecule has 92 valence electrons. The molecule has 0 radical (unpaired) electrons. The molecule has 0 saturated heterocycles. The summed E-state index contributed by atoms with van der Waals surface area (Å²) in [5, 5.41) is 2.66. The Kier molecular flexibility index (Phi) is 3.58. The van der Waals surface area contributed by atoms with E-state index in [9.17, 15) is 9.18 Å². The van der Waals surface area contributed by atoms with E-state index < -0.39 is 11.7 Å². The molecule has 1 aromatic heterocycles. The van der Waals surface area contributed by atoms with Crippen LogP contribution in [0, 0.1) is 12.7 Å². The van der Waals surface area contributed by atoms with Crippen molar-refractivity contribution in [3.63, 3.8) is 0 Å². The Morgan fingerprint density at radius 1 is 1.39 bits per heavy atom. The number of benzene rings is 1. The van der Waals surface area contributed by atoms with Crippen molar-refractivity contribution in [1.82, 2.24) is 4.98 Å². The van der Waals surface area contributed by atoms with E-state index in [0.29, 0.717) is 5.69 Å². The van der Waals surface area contributed by atoms with Crippen LogP contribution in [0.3, 0.4) is 0 Å². The van der Waals surface area contributed by atoms with E-state index in [1.165, 1.54) is 18.2 Å². The lowest BCUT2D eigenvalue weighted by molar-refractivity contribution is 0.102. The number of anilines is 1. The number of carbonyl (C=O) groups excluding carboxylic acids is 1. The molecule has 1 aromatic carbocycles. The number of hydrogen-bond donors (Lipinski definition) is 1. The van der Waals surface area contributed by atoms with Crippen molar-refractivity contribution in [1.29, 1.82) is 0 Å². The van der Waals surface area contributed by atoms with Crippen LogP contribution < -0.4 is 5.32 Å². The molecule has 0 aliphatic rings. The van der Waals surface area contributed by atoms with Gasteiger partial charge in [0.15, 0.2) is 0 Å². The molecule has 1 heterocycles. The zero-order chi connectivity index (χ0) is 13.1. The first-order valence-electron chi connectivity index (χ1n) is 5.26. The van der Waals surface area contributed by atoms with E-state index in [1.54, 1.807) is 25.3 Å². The van der Waals surface area contributed by atoms with Crippen LogP contribution in [0.4, 0.5) is 10.1 Å². The second-order valence-corrected chi connectivity index (χ2v) is 4.14. The van der Waals surface area contributed by atoms with Gasteiger partial charge in [-0.2, -0.15) is 0 Å². The quantitative estimate of drug-likeness (QED) is 0.903. The van der Waals surface area contributed by atoms with Gasteiger partial charge in [-0.3, -0.25) is 9.78 Å². The summed E-state index contributed by atoms with van der Waals surface area (Å²) in [6.07, 6.45) is 1.56. The summed E-state index contributed by atoms with van der Waals surface area (Å²) in [7, 11) is 0. The molecule has 1 amide bonds. The number of nitrogens with zero attached hydrogens (tertiary/aromatic N) is 1. The molecular weight excluding hydrogens is 255 g/mol. The fourth-order valence-electron chi connectivity index (χ4n) is 1.53. The molecule has 18 heavy (non-hydrogen) atoms. The molecule has 3 nitrogen and oxygen atoms in total. The third kappa shape index (κ3) is 2.65. The second kappa shape index (κ2) is 5.14. The largest absolute Gasteiger partial charge is 0.322 e. The van der Waals surface area contributed by atoms with Crippen molar-refractivity contribution < 1.29 is 9.18 Å². The van der Waals surface area contributed by atoms with Gasteiger partial charge in [-0.15, -0.1) is 0 Å². The van der Waals surface area contributed by atoms with Gasteiger partial charge in [0.2, 0.25) is 0 Å². The Hall–Kier alpha value is -1.94. The third-order valence-electron chi connectivity index (χ3n) is 2.34. The van der Waals surface area contributed by atoms with Crippen molar-refractivity contribution in [2.45, 2.75) is 6.92 Å². The van der Waals surface area contributed by atoms with Gasteiger partial charge in [0.05, 0.1) is 10.6 Å². The topological polar surface area (TPSA) is 42.0 Å². The first-order valence-corrected chi connectivity index (χ1v) is 5.64. The highest BCUT2D eigenvalue weighted by Crippen LogP contribution is 2.20. The molecular formula is C13H10ClFN2O. The Morgan fingerprint density at radius 2 is 2.17 bits per heavy atom. The molecule has 0 saturated carbocycles. The molecule has 0 unspecified atom stereocenters. The minimum Gasteiger partial charge on any atom is -0.322 e. The first-order chi connectivity index (χ1) is 8.58. The van der Waals surface area contributed by atoms with Gasteiger partial charge in [0, 0.05) is 17.6 Å². The Balaban J connectivity index is 2.28. The molecule has 0 aliphatic carbocycles. The number of hydrogen-bond acceptors (Lipinski definition) is 2. The Morgan fingerprint density at radius 3 is 2.83 bits per heavy atom. The lowest BCUT2D eigenvalue weighted by Crippen LogP contribution is -2.14. The second-order valence-electron chi connectivity index (χ2n) is 3.74. The van der Waals surface area contributed by atoms with Crippen molar-refractivity contribution in [2.24, 2.45) is 0 Å². The van der Waals surface area contributed by atoms with Crippen LogP contribution in [-0.4, -0.2) is 10.9 Å². The van der Waals surface area contributed by atoms with Gasteiger partial charge in [0.25, 0.3) is 5.91 Å². The van der Waals surface area contributed by atoms with Gasteiger partial charge in [-0.1, -0.05) is 17.7 Å². The van der Waals surface area contributed by atoms with Crippen molar-refractivity contribution in [3.8, 4) is 0 Å². The molecule has 5 heteroatoms. The van der Waals surface area contributed by atoms with Gasteiger partial charge in [-0.05, 0) is 31.2 Å². The summed E-state index contributed by atoms with van der Waals surface area (Å²) in [6.45, 7) is 1.80. The molecule has 1 N–H and O–H groups in total. The monoisotopic (exact) mass is 264 g/mol. The van der Waals surface area contributed by atoms with Gasteiger partial charge >= 0.3 is 0 Å². The molecule has 2 aromatic rings. The van der Waals surface area contributed by atoms with Crippen LogP contribution in [0.25, 0.3) is 0 Å². The number of nitrogens with one attached hydrogen (secondary N) is 1. The summed E-state index contributed by atoms with van der Waals surface area (Å²) in [5.41, 5.74) is 1.15. The van der Waals surface area contributed by atoms with Crippen LogP contribution in [0.2, 0.25) is 5.02 Å². The number of aryl methyl sites for hydroxylation is 1. The first kappa shape index (κ1) is 12.5. The van der Waals surface area contributed by atoms with Crippen LogP contribution in [0.1, 0.15) is 16.1 Å². The standard InChI is InChI=1S/C13H10ClFN2O/c1-8-7-9(5-6-16-8)17-13(18)12-10(14)3-2-4-11(12)15/h2-7H,1H3,(H,16,17,18). The average molecular weight is 265 g/mol. The summed E-state index contributed by atoms with van der Waals surface area (Å²) >= 11 is 5.81. The maximum Gasteiger partial charge on any atom is 0.260 e. The number of amides is 1. The highest BCUT2D eigenvalue weighted by molar-refractivity contribution is 6.34. The number of halogens is 2. The fourth-order valence-corrected chi connectivity index (χ4v) is 1.78. The predicted molar refractivity (Wildman–Crippen MR) is 68.3 cm³/mol. The van der Waals surface area contributed by atoms with Crippen molar-refractivity contribution >= 4 is 23.2 Å². The minimum atomic E-state index is -0.647. The molecule has 0 spiro atoms. The minimum absolute atomic E-state index is 0.0817. The van der Waals surface area contributed by atoms with E-state index in [-0.39, 0.29) is 10.6 Å². The normalized spacial score (nSPS) is 10.2. The number of pyridine rings is 1. The Labute approximate surface area is 109 Å². The average Bonchev–Trinajstić information content (AvgIpc) is 2.28. The SMILES string of the molecule is Cc1cc(NC(=O)c2c(F)cccc2Cl)ccn1. The van der Waals surface area contributed by atoms with Gasteiger partial charge in [-0.25, -0.2) is 4.39 Å². The number of rotatable bonds is 2. The van der Waals surface area contributed by atoms with E-state index in [0.717, 1.165) is 5.69 Å². The zero-order valence-corrected chi connectivity index (χ0v) is 10.3. The smallest absolute Gasteiger partial charge is 0.260 e. The Bertz CT molecular complexity index is 581. The maximum atomic E-state index is 13.5. The molecule has 2 rings (SSSR count). The molecule has 0 bridgehead atoms.